The van der Waals surface area contributed by atoms with E-state index in [0.29, 0.717) is 0 Å². The summed E-state index contributed by atoms with van der Waals surface area (Å²) < 4.78 is 6.66. The first-order valence-electron chi connectivity index (χ1n) is 7.44. The average Bonchev–Trinajstić information content (AvgIpc) is 2.53. The fraction of sp³-hybridized carbons (Fsp3) is 0.278. The molecule has 1 aliphatic rings. The Kier molecular flexibility index (Phi) is 4.78. The second kappa shape index (κ2) is 6.97. The number of halogens is 1. The summed E-state index contributed by atoms with van der Waals surface area (Å²) in [5.41, 5.74) is 2.50. The smallest absolute Gasteiger partial charge is 0.152 e. The normalized spacial score (nSPS) is 17.7. The van der Waals surface area contributed by atoms with Crippen molar-refractivity contribution >= 4 is 20.6 Å². The van der Waals surface area contributed by atoms with E-state index in [1.807, 2.05) is 43.3 Å². The van der Waals surface area contributed by atoms with E-state index in [0.717, 1.165) is 35.4 Å². The molecule has 0 amide bonds. The van der Waals surface area contributed by atoms with Gasteiger partial charge in [-0.2, -0.15) is 0 Å². The summed E-state index contributed by atoms with van der Waals surface area (Å²) in [7, 11) is 0. The van der Waals surface area contributed by atoms with Crippen molar-refractivity contribution in [2.24, 2.45) is 5.16 Å². The Morgan fingerprint density at radius 2 is 1.95 bits per heavy atom. The van der Waals surface area contributed by atoms with E-state index < -0.39 is 0 Å². The van der Waals surface area contributed by atoms with Crippen LogP contribution in [0.25, 0.3) is 0 Å². The number of hydrogen-bond acceptors (Lipinski definition) is 3. The lowest BCUT2D eigenvalue weighted by atomic mass is 9.89. The van der Waals surface area contributed by atoms with Crippen molar-refractivity contribution in [1.29, 1.82) is 0 Å². The number of nitrogens with zero attached hydrogens (tertiary/aromatic N) is 1. The summed E-state index contributed by atoms with van der Waals surface area (Å²) in [6.07, 6.45) is 3.18. The number of para-hydroxylation sites is 1. The Labute approximate surface area is 139 Å². The molecule has 114 valence electrons. The van der Waals surface area contributed by atoms with Gasteiger partial charge in [0, 0.05) is 0 Å². The van der Waals surface area contributed by atoms with Gasteiger partial charge in [-0.15, -0.1) is 0 Å². The summed E-state index contributed by atoms with van der Waals surface area (Å²) in [5.74, 6) is 1.72. The van der Waals surface area contributed by atoms with E-state index in [1.165, 1.54) is 11.1 Å². The highest BCUT2D eigenvalue weighted by Gasteiger charge is 2.22. The molecule has 3 rings (SSSR count). The van der Waals surface area contributed by atoms with E-state index in [-0.39, 0.29) is 6.10 Å². The molecule has 0 spiro atoms. The fourth-order valence-electron chi connectivity index (χ4n) is 2.68. The van der Waals surface area contributed by atoms with Gasteiger partial charge in [0.15, 0.2) is 6.10 Å². The number of aryl methyl sites for hydroxylation is 1. The van der Waals surface area contributed by atoms with Crippen molar-refractivity contribution in [3.63, 3.8) is 0 Å². The van der Waals surface area contributed by atoms with Gasteiger partial charge in [-0.1, -0.05) is 29.4 Å². The standard InChI is InChI=1S/C18H18BrNO2/c1-13(19)20-22-18-9-5-6-14-12-16(10-11-17(14)18)21-15-7-3-2-4-8-15/h2-4,7-8,10-12,18H,5-6,9H2,1H3/b20-13+. The molecule has 0 heterocycles. The van der Waals surface area contributed by atoms with Gasteiger partial charge in [0.25, 0.3) is 0 Å². The van der Waals surface area contributed by atoms with Crippen LogP contribution in [0.2, 0.25) is 0 Å². The van der Waals surface area contributed by atoms with Crippen molar-refractivity contribution in [1.82, 2.24) is 0 Å². The van der Waals surface area contributed by atoms with E-state index in [4.69, 9.17) is 9.57 Å². The molecule has 0 saturated heterocycles. The van der Waals surface area contributed by atoms with Crippen LogP contribution in [-0.4, -0.2) is 4.62 Å². The van der Waals surface area contributed by atoms with Crippen molar-refractivity contribution in [3.05, 3.63) is 59.7 Å². The lowest BCUT2D eigenvalue weighted by Crippen LogP contribution is -2.11. The maximum absolute atomic E-state index is 5.90. The molecule has 0 saturated carbocycles. The zero-order chi connectivity index (χ0) is 15.4. The van der Waals surface area contributed by atoms with Gasteiger partial charge in [-0.3, -0.25) is 0 Å². The molecule has 2 aromatic carbocycles. The van der Waals surface area contributed by atoms with Crippen LogP contribution in [0, 0.1) is 0 Å². The van der Waals surface area contributed by atoms with Gasteiger partial charge in [0.2, 0.25) is 0 Å². The van der Waals surface area contributed by atoms with Gasteiger partial charge in [-0.05, 0) is 77.5 Å². The lowest BCUT2D eigenvalue weighted by Gasteiger charge is -2.24. The first kappa shape index (κ1) is 15.1. The minimum absolute atomic E-state index is 0.0297. The Balaban J connectivity index is 1.79. The van der Waals surface area contributed by atoms with Crippen LogP contribution in [0.15, 0.2) is 53.7 Å². The topological polar surface area (TPSA) is 30.8 Å². The quantitative estimate of drug-likeness (QED) is 0.525. The first-order chi connectivity index (χ1) is 10.7. The predicted molar refractivity (Wildman–Crippen MR) is 91.8 cm³/mol. The third-order valence-electron chi connectivity index (χ3n) is 3.66. The minimum atomic E-state index is 0.0297. The highest BCUT2D eigenvalue weighted by Crippen LogP contribution is 2.35. The van der Waals surface area contributed by atoms with Crippen molar-refractivity contribution in [2.45, 2.75) is 32.3 Å². The van der Waals surface area contributed by atoms with Crippen LogP contribution in [0.3, 0.4) is 0 Å². The molecule has 0 aromatic heterocycles. The number of rotatable bonds is 4. The molecule has 0 fully saturated rings. The maximum Gasteiger partial charge on any atom is 0.152 e. The number of ether oxygens (including phenoxy) is 1. The summed E-state index contributed by atoms with van der Waals surface area (Å²) in [5, 5.41) is 4.04. The molecule has 2 aromatic rings. The third-order valence-corrected chi connectivity index (χ3v) is 3.80. The number of hydrogen-bond donors (Lipinski definition) is 0. The molecule has 4 heteroatoms. The van der Waals surface area contributed by atoms with Crippen LogP contribution >= 0.6 is 15.9 Å². The Morgan fingerprint density at radius 1 is 1.14 bits per heavy atom. The zero-order valence-electron chi connectivity index (χ0n) is 12.5. The zero-order valence-corrected chi connectivity index (χ0v) is 14.0. The third kappa shape index (κ3) is 3.69. The summed E-state index contributed by atoms with van der Waals surface area (Å²) in [6, 6.07) is 16.0. The number of fused-ring (bicyclic) bond motifs is 1. The van der Waals surface area contributed by atoms with Gasteiger partial charge in [0.05, 0.1) is 0 Å². The number of benzene rings is 2. The molecule has 0 aliphatic heterocycles. The summed E-state index contributed by atoms with van der Waals surface area (Å²) >= 11 is 3.29. The van der Waals surface area contributed by atoms with E-state index >= 15 is 0 Å². The molecular weight excluding hydrogens is 342 g/mol. The summed E-state index contributed by atoms with van der Waals surface area (Å²) in [6.45, 7) is 1.86. The minimum Gasteiger partial charge on any atom is -0.457 e. The predicted octanol–water partition coefficient (Wildman–Crippen LogP) is 5.60. The fourth-order valence-corrected chi connectivity index (χ4v) is 2.76. The molecule has 0 N–H and O–H groups in total. The molecule has 1 unspecified atom stereocenters. The van der Waals surface area contributed by atoms with Crippen LogP contribution in [0.1, 0.15) is 37.0 Å². The van der Waals surface area contributed by atoms with Crippen molar-refractivity contribution in [2.75, 3.05) is 0 Å². The molecule has 1 aliphatic carbocycles. The summed E-state index contributed by atoms with van der Waals surface area (Å²) in [4.78, 5) is 5.63. The van der Waals surface area contributed by atoms with E-state index in [2.05, 4.69) is 33.2 Å². The van der Waals surface area contributed by atoms with Crippen molar-refractivity contribution in [3.8, 4) is 11.5 Å². The van der Waals surface area contributed by atoms with E-state index in [9.17, 15) is 0 Å². The van der Waals surface area contributed by atoms with Crippen LogP contribution < -0.4 is 4.74 Å². The second-order valence-electron chi connectivity index (χ2n) is 5.35. The van der Waals surface area contributed by atoms with Crippen LogP contribution in [0.4, 0.5) is 0 Å². The molecule has 1 atom stereocenters. The monoisotopic (exact) mass is 359 g/mol. The Morgan fingerprint density at radius 3 is 2.73 bits per heavy atom. The lowest BCUT2D eigenvalue weighted by molar-refractivity contribution is 0.0466. The molecular formula is C18H18BrNO2. The average molecular weight is 360 g/mol. The Hall–Kier alpha value is -1.81. The highest BCUT2D eigenvalue weighted by atomic mass is 79.9. The van der Waals surface area contributed by atoms with Crippen molar-refractivity contribution < 1.29 is 9.57 Å². The Bertz CT molecular complexity index is 666. The SMILES string of the molecule is C/C(Br)=N\OC1CCCc2cc(Oc3ccccc3)ccc21. The van der Waals surface area contributed by atoms with Crippen LogP contribution in [-0.2, 0) is 11.3 Å². The van der Waals surface area contributed by atoms with E-state index in [1.54, 1.807) is 0 Å². The van der Waals surface area contributed by atoms with Crippen LogP contribution in [0.5, 0.6) is 11.5 Å². The molecule has 22 heavy (non-hydrogen) atoms. The van der Waals surface area contributed by atoms with Gasteiger partial charge in [-0.25, -0.2) is 0 Å². The molecule has 0 bridgehead atoms. The van der Waals surface area contributed by atoms with Gasteiger partial charge < -0.3 is 9.57 Å². The largest absolute Gasteiger partial charge is 0.457 e. The van der Waals surface area contributed by atoms with Gasteiger partial charge in [0.1, 0.15) is 16.1 Å². The maximum atomic E-state index is 5.90. The molecule has 0 radical (unpaired) electrons. The molecule has 3 nitrogen and oxygen atoms in total. The second-order valence-corrected chi connectivity index (χ2v) is 6.50. The van der Waals surface area contributed by atoms with Gasteiger partial charge >= 0.3 is 0 Å². The highest BCUT2D eigenvalue weighted by molar-refractivity contribution is 9.18. The number of oxime groups is 1. The first-order valence-corrected chi connectivity index (χ1v) is 8.23.